The molecule has 2 aromatic rings. The maximum absolute atomic E-state index is 11.5. The zero-order chi connectivity index (χ0) is 10.3. The maximum atomic E-state index is 11.5. The lowest BCUT2D eigenvalue weighted by atomic mass is 10.0. The molecule has 4 nitrogen and oxygen atoms in total. The number of nitrogens with one attached hydrogen (secondary N) is 2. The Bertz CT molecular complexity index is 576. The number of thiophene rings is 1. The van der Waals surface area contributed by atoms with E-state index in [1.807, 2.05) is 19.2 Å². The van der Waals surface area contributed by atoms with Gasteiger partial charge in [0.2, 0.25) is 0 Å². The predicted molar refractivity (Wildman–Crippen MR) is 57.2 cm³/mol. The van der Waals surface area contributed by atoms with Gasteiger partial charge in [-0.25, -0.2) is 4.79 Å². The van der Waals surface area contributed by atoms with Crippen molar-refractivity contribution in [2.45, 2.75) is 19.8 Å². The quantitative estimate of drug-likeness (QED) is 0.747. The third-order valence-electron chi connectivity index (χ3n) is 2.12. The molecule has 0 aliphatic rings. The van der Waals surface area contributed by atoms with Gasteiger partial charge in [0.25, 0.3) is 5.56 Å². The zero-order valence-electron chi connectivity index (χ0n) is 7.88. The molecule has 0 saturated carbocycles. The average molecular weight is 210 g/mol. The van der Waals surface area contributed by atoms with Crippen LogP contribution in [-0.4, -0.2) is 9.97 Å². The van der Waals surface area contributed by atoms with Gasteiger partial charge in [-0.3, -0.25) is 14.8 Å². The van der Waals surface area contributed by atoms with E-state index in [1.54, 1.807) is 0 Å². The van der Waals surface area contributed by atoms with E-state index in [4.69, 9.17) is 0 Å². The van der Waals surface area contributed by atoms with Gasteiger partial charge in [0.15, 0.2) is 0 Å². The van der Waals surface area contributed by atoms with E-state index < -0.39 is 5.69 Å². The lowest BCUT2D eigenvalue weighted by molar-refractivity contribution is 0.877. The Kier molecular flexibility index (Phi) is 2.03. The van der Waals surface area contributed by atoms with Crippen molar-refractivity contribution in [3.63, 3.8) is 0 Å². The predicted octanol–water partition coefficient (Wildman–Crippen LogP) is 1.40. The SMILES string of the molecule is CC(C)c1csc2[nH]c(=O)[nH]c(=O)c12. The van der Waals surface area contributed by atoms with Gasteiger partial charge in [0.05, 0.1) is 5.39 Å². The van der Waals surface area contributed by atoms with Gasteiger partial charge in [0.1, 0.15) is 4.83 Å². The number of hydrogen-bond acceptors (Lipinski definition) is 3. The molecular weight excluding hydrogens is 200 g/mol. The number of aromatic nitrogens is 2. The van der Waals surface area contributed by atoms with Gasteiger partial charge in [-0.2, -0.15) is 0 Å². The van der Waals surface area contributed by atoms with Crippen LogP contribution >= 0.6 is 11.3 Å². The molecule has 0 saturated heterocycles. The highest BCUT2D eigenvalue weighted by Gasteiger charge is 2.11. The highest BCUT2D eigenvalue weighted by Crippen LogP contribution is 2.26. The Morgan fingerprint density at radius 2 is 2.00 bits per heavy atom. The van der Waals surface area contributed by atoms with Gasteiger partial charge in [0, 0.05) is 0 Å². The summed E-state index contributed by atoms with van der Waals surface area (Å²) in [6.45, 7) is 4.04. The minimum atomic E-state index is -0.445. The van der Waals surface area contributed by atoms with Crippen LogP contribution in [0.3, 0.4) is 0 Å². The van der Waals surface area contributed by atoms with Crippen LogP contribution in [0.1, 0.15) is 25.3 Å². The fourth-order valence-corrected chi connectivity index (χ4v) is 2.54. The van der Waals surface area contributed by atoms with Gasteiger partial charge < -0.3 is 0 Å². The van der Waals surface area contributed by atoms with Crippen molar-refractivity contribution in [3.05, 3.63) is 31.8 Å². The Morgan fingerprint density at radius 1 is 1.29 bits per heavy atom. The Balaban J connectivity index is 2.93. The molecule has 0 spiro atoms. The lowest BCUT2D eigenvalue weighted by Crippen LogP contribution is -2.21. The maximum Gasteiger partial charge on any atom is 0.326 e. The molecule has 0 aromatic carbocycles. The number of fused-ring (bicyclic) bond motifs is 1. The summed E-state index contributed by atoms with van der Waals surface area (Å²) in [5.74, 6) is 0.288. The minimum absolute atomic E-state index is 0.288. The van der Waals surface area contributed by atoms with Gasteiger partial charge in [-0.05, 0) is 16.9 Å². The van der Waals surface area contributed by atoms with Crippen LogP contribution in [0, 0.1) is 0 Å². The van der Waals surface area contributed by atoms with E-state index >= 15 is 0 Å². The van der Waals surface area contributed by atoms with E-state index in [9.17, 15) is 9.59 Å². The van der Waals surface area contributed by atoms with Gasteiger partial charge in [-0.1, -0.05) is 13.8 Å². The van der Waals surface area contributed by atoms with E-state index in [2.05, 4.69) is 9.97 Å². The second-order valence-corrected chi connectivity index (χ2v) is 4.34. The summed E-state index contributed by atoms with van der Waals surface area (Å²) in [5.41, 5.74) is 0.246. The number of rotatable bonds is 1. The van der Waals surface area contributed by atoms with Crippen molar-refractivity contribution in [2.24, 2.45) is 0 Å². The second-order valence-electron chi connectivity index (χ2n) is 3.46. The molecule has 0 amide bonds. The van der Waals surface area contributed by atoms with Crippen LogP contribution in [0.15, 0.2) is 15.0 Å². The first-order valence-electron chi connectivity index (χ1n) is 4.33. The van der Waals surface area contributed by atoms with E-state index in [1.165, 1.54) is 11.3 Å². The molecule has 2 N–H and O–H groups in total. The summed E-state index contributed by atoms with van der Waals surface area (Å²) >= 11 is 1.40. The number of H-pyrrole nitrogens is 2. The van der Waals surface area contributed by atoms with Crippen molar-refractivity contribution < 1.29 is 0 Å². The zero-order valence-corrected chi connectivity index (χ0v) is 8.70. The average Bonchev–Trinajstić information content (AvgIpc) is 2.47. The fourth-order valence-electron chi connectivity index (χ4n) is 1.42. The molecule has 74 valence electrons. The van der Waals surface area contributed by atoms with Gasteiger partial charge >= 0.3 is 5.69 Å². The first kappa shape index (κ1) is 9.21. The fraction of sp³-hybridized carbons (Fsp3) is 0.333. The Hall–Kier alpha value is -1.36. The largest absolute Gasteiger partial charge is 0.326 e. The normalized spacial score (nSPS) is 11.4. The first-order chi connectivity index (χ1) is 6.59. The molecule has 0 aliphatic heterocycles. The number of hydrogen-bond donors (Lipinski definition) is 2. The minimum Gasteiger partial charge on any atom is -0.298 e. The van der Waals surface area contributed by atoms with Crippen LogP contribution in [0.2, 0.25) is 0 Å². The first-order valence-corrected chi connectivity index (χ1v) is 5.21. The molecule has 5 heteroatoms. The summed E-state index contributed by atoms with van der Waals surface area (Å²) in [4.78, 5) is 28.0. The van der Waals surface area contributed by atoms with Crippen molar-refractivity contribution in [3.8, 4) is 0 Å². The molecule has 14 heavy (non-hydrogen) atoms. The molecule has 0 atom stereocenters. The summed E-state index contributed by atoms with van der Waals surface area (Å²) < 4.78 is 0. The van der Waals surface area contributed by atoms with Crippen molar-refractivity contribution >= 4 is 21.6 Å². The second kappa shape index (κ2) is 3.09. The van der Waals surface area contributed by atoms with Crippen LogP contribution in [-0.2, 0) is 0 Å². The highest BCUT2D eigenvalue weighted by atomic mass is 32.1. The molecule has 0 unspecified atom stereocenters. The molecule has 0 bridgehead atoms. The van der Waals surface area contributed by atoms with E-state index in [-0.39, 0.29) is 11.5 Å². The summed E-state index contributed by atoms with van der Waals surface area (Å²) in [7, 11) is 0. The molecule has 0 radical (unpaired) electrons. The third kappa shape index (κ3) is 1.29. The van der Waals surface area contributed by atoms with Crippen LogP contribution in [0.25, 0.3) is 10.2 Å². The van der Waals surface area contributed by atoms with E-state index in [0.717, 1.165) is 5.56 Å². The monoisotopic (exact) mass is 210 g/mol. The van der Waals surface area contributed by atoms with Gasteiger partial charge in [-0.15, -0.1) is 11.3 Å². The van der Waals surface area contributed by atoms with Crippen LogP contribution < -0.4 is 11.2 Å². The Morgan fingerprint density at radius 3 is 2.64 bits per heavy atom. The highest BCUT2D eigenvalue weighted by molar-refractivity contribution is 7.16. The summed E-state index contributed by atoms with van der Waals surface area (Å²) in [6, 6.07) is 0. The molecule has 0 fully saturated rings. The molecular formula is C9H10N2O2S. The van der Waals surface area contributed by atoms with Crippen LogP contribution in [0.5, 0.6) is 0 Å². The standard InChI is InChI=1S/C9H10N2O2S/c1-4(2)5-3-14-8-6(5)7(12)10-9(13)11-8/h3-4H,1-2H3,(H2,10,11,12,13). The molecule has 0 aliphatic carbocycles. The molecule has 2 aromatic heterocycles. The molecule has 2 heterocycles. The summed E-state index contributed by atoms with van der Waals surface area (Å²) in [6.07, 6.45) is 0. The topological polar surface area (TPSA) is 65.7 Å². The van der Waals surface area contributed by atoms with E-state index in [0.29, 0.717) is 10.2 Å². The van der Waals surface area contributed by atoms with Crippen molar-refractivity contribution in [1.82, 2.24) is 9.97 Å². The van der Waals surface area contributed by atoms with Crippen molar-refractivity contribution in [1.29, 1.82) is 0 Å². The summed E-state index contributed by atoms with van der Waals surface area (Å²) in [5, 5.41) is 2.53. The lowest BCUT2D eigenvalue weighted by Gasteiger charge is -2.00. The van der Waals surface area contributed by atoms with Crippen molar-refractivity contribution in [2.75, 3.05) is 0 Å². The smallest absolute Gasteiger partial charge is 0.298 e. The Labute approximate surface area is 83.6 Å². The molecule has 2 rings (SSSR count). The van der Waals surface area contributed by atoms with Crippen LogP contribution in [0.4, 0.5) is 0 Å². The third-order valence-corrected chi connectivity index (χ3v) is 3.04. The number of aromatic amines is 2.